The molecule has 0 saturated carbocycles. The molecule has 0 amide bonds. The van der Waals surface area contributed by atoms with Crippen molar-refractivity contribution in [3.05, 3.63) is 52.5 Å². The average molecular weight is 344 g/mol. The lowest BCUT2D eigenvalue weighted by molar-refractivity contribution is 1.15. The molecule has 3 rings (SSSR count). The minimum absolute atomic E-state index is 0.377. The van der Waals surface area contributed by atoms with Crippen LogP contribution in [0.15, 0.2) is 46.9 Å². The molecular formula is C15H14BrN5. The van der Waals surface area contributed by atoms with Crippen LogP contribution in [0, 0.1) is 6.92 Å². The van der Waals surface area contributed by atoms with Gasteiger partial charge in [0.05, 0.1) is 5.52 Å². The van der Waals surface area contributed by atoms with Crippen LogP contribution in [0.1, 0.15) is 5.56 Å². The van der Waals surface area contributed by atoms with E-state index in [0.717, 1.165) is 21.1 Å². The molecule has 0 atom stereocenters. The number of para-hydroxylation sites is 1. The van der Waals surface area contributed by atoms with E-state index in [1.807, 2.05) is 49.4 Å². The van der Waals surface area contributed by atoms with Gasteiger partial charge in [-0.25, -0.2) is 10.8 Å². The van der Waals surface area contributed by atoms with Crippen molar-refractivity contribution >= 4 is 44.3 Å². The number of anilines is 3. The van der Waals surface area contributed by atoms with E-state index in [-0.39, 0.29) is 0 Å². The van der Waals surface area contributed by atoms with Crippen LogP contribution in [0.5, 0.6) is 0 Å². The first kappa shape index (κ1) is 13.8. The van der Waals surface area contributed by atoms with Gasteiger partial charge in [0.1, 0.15) is 5.82 Å². The summed E-state index contributed by atoms with van der Waals surface area (Å²) in [6, 6.07) is 13.8. The number of halogens is 1. The van der Waals surface area contributed by atoms with Gasteiger partial charge >= 0.3 is 0 Å². The predicted octanol–water partition coefficient (Wildman–Crippen LogP) is 3.73. The van der Waals surface area contributed by atoms with E-state index in [4.69, 9.17) is 5.84 Å². The first-order valence-electron chi connectivity index (χ1n) is 6.44. The average Bonchev–Trinajstić information content (AvgIpc) is 2.51. The number of rotatable bonds is 3. The molecule has 0 unspecified atom stereocenters. The number of nitrogens with zero attached hydrogens (tertiary/aromatic N) is 2. The van der Waals surface area contributed by atoms with Gasteiger partial charge < -0.3 is 5.32 Å². The molecule has 5 nitrogen and oxygen atoms in total. The van der Waals surface area contributed by atoms with Crippen molar-refractivity contribution in [1.82, 2.24) is 9.97 Å². The number of hydrazine groups is 1. The van der Waals surface area contributed by atoms with E-state index in [1.165, 1.54) is 5.56 Å². The minimum Gasteiger partial charge on any atom is -0.340 e. The van der Waals surface area contributed by atoms with E-state index >= 15 is 0 Å². The van der Waals surface area contributed by atoms with Gasteiger partial charge in [0.15, 0.2) is 0 Å². The number of nitrogen functional groups attached to an aromatic ring is 1. The van der Waals surface area contributed by atoms with Crippen LogP contribution in [0.3, 0.4) is 0 Å². The molecule has 0 aliphatic heterocycles. The van der Waals surface area contributed by atoms with Crippen LogP contribution in [-0.2, 0) is 0 Å². The number of benzene rings is 2. The summed E-state index contributed by atoms with van der Waals surface area (Å²) in [5, 5.41) is 4.25. The fourth-order valence-electron chi connectivity index (χ4n) is 2.04. The summed E-state index contributed by atoms with van der Waals surface area (Å²) in [4.78, 5) is 8.72. The lowest BCUT2D eigenvalue weighted by Crippen LogP contribution is -2.11. The Morgan fingerprint density at radius 1 is 1.10 bits per heavy atom. The molecule has 0 spiro atoms. The van der Waals surface area contributed by atoms with Crippen LogP contribution in [0.25, 0.3) is 10.9 Å². The van der Waals surface area contributed by atoms with Crippen molar-refractivity contribution in [1.29, 1.82) is 0 Å². The molecule has 0 aliphatic rings. The van der Waals surface area contributed by atoms with Crippen molar-refractivity contribution < 1.29 is 0 Å². The van der Waals surface area contributed by atoms with Crippen molar-refractivity contribution in [2.45, 2.75) is 6.92 Å². The molecule has 0 saturated heterocycles. The highest BCUT2D eigenvalue weighted by atomic mass is 79.9. The second-order valence-electron chi connectivity index (χ2n) is 4.65. The molecule has 0 bridgehead atoms. The molecule has 2 aromatic carbocycles. The Labute approximate surface area is 130 Å². The number of aryl methyl sites for hydroxylation is 1. The van der Waals surface area contributed by atoms with Crippen molar-refractivity contribution in [3.8, 4) is 0 Å². The third kappa shape index (κ3) is 2.81. The van der Waals surface area contributed by atoms with E-state index in [2.05, 4.69) is 36.6 Å². The summed E-state index contributed by atoms with van der Waals surface area (Å²) in [5.41, 5.74) is 5.44. The van der Waals surface area contributed by atoms with E-state index in [9.17, 15) is 0 Å². The number of nitrogens with two attached hydrogens (primary N) is 1. The Balaban J connectivity index is 2.08. The second-order valence-corrected chi connectivity index (χ2v) is 5.50. The number of aromatic nitrogens is 2. The van der Waals surface area contributed by atoms with E-state index < -0.39 is 0 Å². The largest absolute Gasteiger partial charge is 0.340 e. The fraction of sp³-hybridized carbons (Fsp3) is 0.0667. The fourth-order valence-corrected chi connectivity index (χ4v) is 2.42. The van der Waals surface area contributed by atoms with Gasteiger partial charge in [0, 0.05) is 15.5 Å². The van der Waals surface area contributed by atoms with Crippen LogP contribution >= 0.6 is 15.9 Å². The quantitative estimate of drug-likeness (QED) is 0.499. The van der Waals surface area contributed by atoms with Gasteiger partial charge in [-0.05, 0) is 36.8 Å². The SMILES string of the molecule is Cc1ccc(Nc2nc(NN)nc3ccccc23)cc1Br. The predicted molar refractivity (Wildman–Crippen MR) is 89.5 cm³/mol. The number of fused-ring (bicyclic) bond motifs is 1. The Bertz CT molecular complexity index is 803. The first-order valence-corrected chi connectivity index (χ1v) is 7.23. The Kier molecular flexibility index (Phi) is 3.72. The monoisotopic (exact) mass is 343 g/mol. The van der Waals surface area contributed by atoms with Crippen LogP contribution in [-0.4, -0.2) is 9.97 Å². The molecule has 6 heteroatoms. The van der Waals surface area contributed by atoms with Crippen LogP contribution in [0.4, 0.5) is 17.5 Å². The molecule has 4 N–H and O–H groups in total. The number of nitrogens with one attached hydrogen (secondary N) is 2. The number of hydrogen-bond acceptors (Lipinski definition) is 5. The summed E-state index contributed by atoms with van der Waals surface area (Å²) in [5.74, 6) is 6.53. The van der Waals surface area contributed by atoms with Crippen molar-refractivity contribution in [3.63, 3.8) is 0 Å². The minimum atomic E-state index is 0.377. The number of hydrogen-bond donors (Lipinski definition) is 3. The summed E-state index contributed by atoms with van der Waals surface area (Å²) < 4.78 is 1.04. The molecule has 1 aromatic heterocycles. The highest BCUT2D eigenvalue weighted by molar-refractivity contribution is 9.10. The maximum Gasteiger partial charge on any atom is 0.239 e. The van der Waals surface area contributed by atoms with E-state index in [0.29, 0.717) is 11.8 Å². The summed E-state index contributed by atoms with van der Waals surface area (Å²) in [6.45, 7) is 2.05. The third-order valence-corrected chi connectivity index (χ3v) is 4.02. The van der Waals surface area contributed by atoms with Gasteiger partial charge in [-0.3, -0.25) is 5.43 Å². The molecule has 21 heavy (non-hydrogen) atoms. The van der Waals surface area contributed by atoms with Gasteiger partial charge in [-0.15, -0.1) is 0 Å². The standard InChI is InChI=1S/C15H14BrN5/c1-9-6-7-10(8-12(9)16)18-14-11-4-2-3-5-13(11)19-15(20-14)21-17/h2-8H,17H2,1H3,(H2,18,19,20,21). The molecule has 0 fully saturated rings. The van der Waals surface area contributed by atoms with Crippen LogP contribution < -0.4 is 16.6 Å². The zero-order chi connectivity index (χ0) is 14.8. The van der Waals surface area contributed by atoms with Gasteiger partial charge in [0.2, 0.25) is 5.95 Å². The highest BCUT2D eigenvalue weighted by Gasteiger charge is 2.07. The molecular weight excluding hydrogens is 330 g/mol. The summed E-state index contributed by atoms with van der Waals surface area (Å²) in [7, 11) is 0. The van der Waals surface area contributed by atoms with Gasteiger partial charge in [-0.1, -0.05) is 34.1 Å². The first-order chi connectivity index (χ1) is 10.2. The maximum absolute atomic E-state index is 5.44. The zero-order valence-corrected chi connectivity index (χ0v) is 13.0. The molecule has 0 aliphatic carbocycles. The molecule has 3 aromatic rings. The van der Waals surface area contributed by atoms with Crippen LogP contribution in [0.2, 0.25) is 0 Å². The van der Waals surface area contributed by atoms with Crippen molar-refractivity contribution in [2.75, 3.05) is 10.7 Å². The van der Waals surface area contributed by atoms with Crippen molar-refractivity contribution in [2.24, 2.45) is 5.84 Å². The summed E-state index contributed by atoms with van der Waals surface area (Å²) >= 11 is 3.53. The van der Waals surface area contributed by atoms with E-state index in [1.54, 1.807) is 0 Å². The molecule has 0 radical (unpaired) electrons. The maximum atomic E-state index is 5.44. The van der Waals surface area contributed by atoms with Gasteiger partial charge in [0.25, 0.3) is 0 Å². The highest BCUT2D eigenvalue weighted by Crippen LogP contribution is 2.27. The Morgan fingerprint density at radius 3 is 2.67 bits per heavy atom. The topological polar surface area (TPSA) is 75.9 Å². The lowest BCUT2D eigenvalue weighted by atomic mass is 10.2. The zero-order valence-electron chi connectivity index (χ0n) is 11.4. The third-order valence-electron chi connectivity index (χ3n) is 3.17. The smallest absolute Gasteiger partial charge is 0.239 e. The normalized spacial score (nSPS) is 10.6. The molecule has 1 heterocycles. The van der Waals surface area contributed by atoms with Gasteiger partial charge in [-0.2, -0.15) is 4.98 Å². The Hall–Kier alpha value is -2.18. The Morgan fingerprint density at radius 2 is 1.90 bits per heavy atom. The molecule has 106 valence electrons. The second kappa shape index (κ2) is 5.67. The summed E-state index contributed by atoms with van der Waals surface area (Å²) in [6.07, 6.45) is 0. The lowest BCUT2D eigenvalue weighted by Gasteiger charge is -2.11.